The van der Waals surface area contributed by atoms with Crippen molar-refractivity contribution in [3.8, 4) is 5.75 Å². The lowest BCUT2D eigenvalue weighted by atomic mass is 9.95. The highest BCUT2D eigenvalue weighted by molar-refractivity contribution is 5.95. The average Bonchev–Trinajstić information content (AvgIpc) is 2.57. The second-order valence-electron chi connectivity index (χ2n) is 6.45. The van der Waals surface area contributed by atoms with Gasteiger partial charge >= 0.3 is 11.6 Å². The van der Waals surface area contributed by atoms with Gasteiger partial charge in [-0.2, -0.15) is 0 Å². The Morgan fingerprint density at radius 1 is 1.12 bits per heavy atom. The Hall–Kier alpha value is -2.89. The van der Waals surface area contributed by atoms with Gasteiger partial charge in [-0.05, 0) is 32.0 Å². The average molecular weight is 358 g/mol. The summed E-state index contributed by atoms with van der Waals surface area (Å²) in [7, 11) is 1.43. The van der Waals surface area contributed by atoms with Gasteiger partial charge in [0.2, 0.25) is 0 Å². The summed E-state index contributed by atoms with van der Waals surface area (Å²) in [6.45, 7) is 6.91. The number of ether oxygens (including phenoxy) is 2. The van der Waals surface area contributed by atoms with Crippen molar-refractivity contribution in [2.45, 2.75) is 33.8 Å². The van der Waals surface area contributed by atoms with Crippen molar-refractivity contribution >= 4 is 22.7 Å². The summed E-state index contributed by atoms with van der Waals surface area (Å²) in [5, 5.41) is 0.597. The fourth-order valence-corrected chi connectivity index (χ4v) is 2.51. The Balaban J connectivity index is 2.72. The Morgan fingerprint density at radius 2 is 1.77 bits per heavy atom. The van der Waals surface area contributed by atoms with E-state index in [1.807, 2.05) is 0 Å². The maximum absolute atomic E-state index is 12.8. The van der Waals surface area contributed by atoms with Gasteiger partial charge in [-0.1, -0.05) is 19.4 Å². The predicted octanol–water partition coefficient (Wildman–Crippen LogP) is 3.58. The topological polar surface area (TPSA) is 82.8 Å². The molecule has 2 rings (SSSR count). The van der Waals surface area contributed by atoms with Crippen molar-refractivity contribution in [1.29, 1.82) is 0 Å². The molecule has 0 spiro atoms. The van der Waals surface area contributed by atoms with Gasteiger partial charge < -0.3 is 13.9 Å². The van der Waals surface area contributed by atoms with Crippen molar-refractivity contribution in [3.05, 3.63) is 51.9 Å². The van der Waals surface area contributed by atoms with Gasteiger partial charge in [0.15, 0.2) is 11.9 Å². The van der Waals surface area contributed by atoms with Crippen LogP contribution in [0.1, 0.15) is 39.4 Å². The molecule has 6 heteroatoms. The predicted molar refractivity (Wildman–Crippen MR) is 97.1 cm³/mol. The molecule has 0 fully saturated rings. The van der Waals surface area contributed by atoms with E-state index in [1.165, 1.54) is 19.3 Å². The largest absolute Gasteiger partial charge is 0.496 e. The molecule has 0 aliphatic heterocycles. The standard InChI is InChI=1S/C20H22O6/c1-11(2)10-16(22)26-20(18(23)12(3)4)17-14(24-5)8-6-13-7-9-15(21)25-19(13)17/h6-10,12,20H,1-5H3. The van der Waals surface area contributed by atoms with Gasteiger partial charge in [0, 0.05) is 23.4 Å². The quantitative estimate of drug-likeness (QED) is 0.446. The number of carbonyl (C=O) groups excluding carboxylic acids is 2. The summed E-state index contributed by atoms with van der Waals surface area (Å²) < 4.78 is 16.1. The minimum atomic E-state index is -1.25. The molecule has 26 heavy (non-hydrogen) atoms. The molecule has 0 bridgehead atoms. The molecular formula is C20H22O6. The third-order valence-corrected chi connectivity index (χ3v) is 3.74. The first-order valence-corrected chi connectivity index (χ1v) is 8.24. The van der Waals surface area contributed by atoms with Crippen molar-refractivity contribution in [2.24, 2.45) is 5.92 Å². The van der Waals surface area contributed by atoms with Gasteiger partial charge in [-0.3, -0.25) is 4.79 Å². The smallest absolute Gasteiger partial charge is 0.336 e. The normalized spacial score (nSPS) is 11.9. The molecule has 2 aromatic rings. The van der Waals surface area contributed by atoms with E-state index in [1.54, 1.807) is 45.9 Å². The van der Waals surface area contributed by atoms with Crippen LogP contribution in [0.5, 0.6) is 5.75 Å². The number of hydrogen-bond donors (Lipinski definition) is 0. The maximum atomic E-state index is 12.8. The van der Waals surface area contributed by atoms with Crippen LogP contribution < -0.4 is 10.4 Å². The van der Waals surface area contributed by atoms with Crippen LogP contribution in [0.25, 0.3) is 11.0 Å². The van der Waals surface area contributed by atoms with Crippen LogP contribution in [-0.2, 0) is 14.3 Å². The maximum Gasteiger partial charge on any atom is 0.336 e. The number of allylic oxidation sites excluding steroid dienone is 1. The van der Waals surface area contributed by atoms with E-state index in [9.17, 15) is 14.4 Å². The molecule has 0 aliphatic carbocycles. The summed E-state index contributed by atoms with van der Waals surface area (Å²) >= 11 is 0. The SMILES string of the molecule is COc1ccc2ccc(=O)oc2c1C(OC(=O)C=C(C)C)C(=O)C(C)C. The molecule has 0 amide bonds. The Morgan fingerprint density at radius 3 is 2.35 bits per heavy atom. The van der Waals surface area contributed by atoms with E-state index in [0.717, 1.165) is 5.57 Å². The molecule has 0 aliphatic rings. The highest BCUT2D eigenvalue weighted by atomic mass is 16.5. The number of rotatable bonds is 6. The monoisotopic (exact) mass is 358 g/mol. The molecule has 1 atom stereocenters. The van der Waals surface area contributed by atoms with Crippen LogP contribution in [-0.4, -0.2) is 18.9 Å². The lowest BCUT2D eigenvalue weighted by Crippen LogP contribution is -2.24. The molecular weight excluding hydrogens is 336 g/mol. The van der Waals surface area contributed by atoms with Crippen LogP contribution in [0.4, 0.5) is 0 Å². The minimum absolute atomic E-state index is 0.167. The van der Waals surface area contributed by atoms with E-state index in [4.69, 9.17) is 13.9 Å². The Labute approximate surface area is 151 Å². The zero-order valence-electron chi connectivity index (χ0n) is 15.5. The van der Waals surface area contributed by atoms with E-state index in [0.29, 0.717) is 11.1 Å². The summed E-state index contributed by atoms with van der Waals surface area (Å²) in [5.74, 6) is -1.08. The number of fused-ring (bicyclic) bond motifs is 1. The van der Waals surface area contributed by atoms with Crippen molar-refractivity contribution in [3.63, 3.8) is 0 Å². The van der Waals surface area contributed by atoms with Gasteiger partial charge in [0.05, 0.1) is 12.7 Å². The van der Waals surface area contributed by atoms with Crippen LogP contribution in [0.2, 0.25) is 0 Å². The van der Waals surface area contributed by atoms with Crippen molar-refractivity contribution < 1.29 is 23.5 Å². The van der Waals surface area contributed by atoms with E-state index >= 15 is 0 Å². The molecule has 138 valence electrons. The molecule has 6 nitrogen and oxygen atoms in total. The number of Topliss-reactive ketones (excluding diaryl/α,β-unsaturated/α-hetero) is 1. The molecule has 0 saturated carbocycles. The Kier molecular flexibility index (Phi) is 5.97. The number of esters is 1. The fourth-order valence-electron chi connectivity index (χ4n) is 2.51. The Bertz CT molecular complexity index is 916. The minimum Gasteiger partial charge on any atom is -0.496 e. The number of ketones is 1. The number of benzene rings is 1. The first-order valence-electron chi connectivity index (χ1n) is 8.24. The second-order valence-corrected chi connectivity index (χ2v) is 6.45. The fraction of sp³-hybridized carbons (Fsp3) is 0.350. The molecule has 1 heterocycles. The van der Waals surface area contributed by atoms with Crippen LogP contribution in [0.3, 0.4) is 0 Å². The zero-order valence-corrected chi connectivity index (χ0v) is 15.5. The number of methoxy groups -OCH3 is 1. The molecule has 0 saturated heterocycles. The van der Waals surface area contributed by atoms with Gasteiger partial charge in [-0.15, -0.1) is 0 Å². The molecule has 0 N–H and O–H groups in total. The van der Waals surface area contributed by atoms with E-state index in [-0.39, 0.29) is 16.9 Å². The van der Waals surface area contributed by atoms with E-state index < -0.39 is 23.6 Å². The summed E-state index contributed by atoms with van der Waals surface area (Å²) in [6, 6.07) is 6.22. The lowest BCUT2D eigenvalue weighted by Gasteiger charge is -2.21. The molecule has 1 unspecified atom stereocenters. The second kappa shape index (κ2) is 7.99. The summed E-state index contributed by atoms with van der Waals surface area (Å²) in [6.07, 6.45) is 0.0521. The zero-order chi connectivity index (χ0) is 19.4. The number of carbonyl (C=O) groups is 2. The van der Waals surface area contributed by atoms with Crippen LogP contribution >= 0.6 is 0 Å². The highest BCUT2D eigenvalue weighted by Crippen LogP contribution is 2.36. The summed E-state index contributed by atoms with van der Waals surface area (Å²) in [5.41, 5.74) is 0.568. The molecule has 1 aromatic carbocycles. The van der Waals surface area contributed by atoms with Gasteiger partial charge in [0.1, 0.15) is 11.3 Å². The van der Waals surface area contributed by atoms with Crippen molar-refractivity contribution in [2.75, 3.05) is 7.11 Å². The molecule has 1 aromatic heterocycles. The third kappa shape index (κ3) is 4.20. The van der Waals surface area contributed by atoms with Gasteiger partial charge in [0.25, 0.3) is 0 Å². The highest BCUT2D eigenvalue weighted by Gasteiger charge is 2.32. The van der Waals surface area contributed by atoms with Gasteiger partial charge in [-0.25, -0.2) is 9.59 Å². The summed E-state index contributed by atoms with van der Waals surface area (Å²) in [4.78, 5) is 36.7. The third-order valence-electron chi connectivity index (χ3n) is 3.74. The number of hydrogen-bond acceptors (Lipinski definition) is 6. The first-order chi connectivity index (χ1) is 12.2. The van der Waals surface area contributed by atoms with Crippen LogP contribution in [0, 0.1) is 5.92 Å². The van der Waals surface area contributed by atoms with E-state index in [2.05, 4.69) is 0 Å². The lowest BCUT2D eigenvalue weighted by molar-refractivity contribution is -0.152. The van der Waals surface area contributed by atoms with Crippen molar-refractivity contribution in [1.82, 2.24) is 0 Å². The first kappa shape index (κ1) is 19.4. The molecule has 0 radical (unpaired) electrons. The van der Waals surface area contributed by atoms with Crippen LogP contribution in [0.15, 0.2) is 45.1 Å².